The molecule has 3 aromatic rings. The molecule has 0 aromatic heterocycles. The lowest BCUT2D eigenvalue weighted by Crippen LogP contribution is -2.56. The highest BCUT2D eigenvalue weighted by Crippen LogP contribution is 2.37. The highest BCUT2D eigenvalue weighted by atomic mass is 32.2. The lowest BCUT2D eigenvalue weighted by Gasteiger charge is -2.43. The van der Waals surface area contributed by atoms with Crippen LogP contribution in [0.3, 0.4) is 0 Å². The van der Waals surface area contributed by atoms with Crippen molar-refractivity contribution in [3.05, 3.63) is 95.6 Å². The van der Waals surface area contributed by atoms with Crippen LogP contribution in [0, 0.1) is 6.92 Å². The number of methoxy groups -OCH3 is 1. The second-order valence-corrected chi connectivity index (χ2v) is 9.77. The molecule has 1 N–H and O–H groups in total. The molecule has 5 nitrogen and oxygen atoms in total. The molecule has 0 spiro atoms. The summed E-state index contributed by atoms with van der Waals surface area (Å²) in [5, 5.41) is 11.1. The van der Waals surface area contributed by atoms with Gasteiger partial charge in [0.1, 0.15) is 11.9 Å². The minimum absolute atomic E-state index is 0.330. The molecule has 0 unspecified atom stereocenters. The molecular formula is C28H32O5S. The summed E-state index contributed by atoms with van der Waals surface area (Å²) in [4.78, 5) is 1.05. The molecular weight excluding hydrogens is 448 g/mol. The van der Waals surface area contributed by atoms with Crippen LogP contribution in [0.4, 0.5) is 0 Å². The van der Waals surface area contributed by atoms with E-state index in [4.69, 9.17) is 18.9 Å². The number of benzene rings is 3. The maximum Gasteiger partial charge on any atom is 0.173 e. The van der Waals surface area contributed by atoms with Gasteiger partial charge < -0.3 is 24.1 Å². The SMILES string of the molecule is COc1ccc(CO[C@H]2[C@H](O)[C@@H](Sc3ccc(C)cc3)[C@H](OCc3ccccc3)O[C@H]2C)cc1. The fourth-order valence-corrected chi connectivity index (χ4v) is 5.08. The molecule has 5 atom stereocenters. The van der Waals surface area contributed by atoms with E-state index in [2.05, 4.69) is 31.2 Å². The average molecular weight is 481 g/mol. The third-order valence-corrected chi connectivity index (χ3v) is 7.22. The van der Waals surface area contributed by atoms with Gasteiger partial charge in [-0.3, -0.25) is 0 Å². The van der Waals surface area contributed by atoms with Gasteiger partial charge in [-0.2, -0.15) is 0 Å². The van der Waals surface area contributed by atoms with Gasteiger partial charge in [-0.25, -0.2) is 0 Å². The molecule has 1 fully saturated rings. The second kappa shape index (κ2) is 11.9. The minimum atomic E-state index is -0.769. The van der Waals surface area contributed by atoms with Crippen molar-refractivity contribution in [2.75, 3.05) is 7.11 Å². The Morgan fingerprint density at radius 3 is 2.18 bits per heavy atom. The zero-order valence-corrected chi connectivity index (χ0v) is 20.6. The van der Waals surface area contributed by atoms with Crippen LogP contribution in [0.2, 0.25) is 0 Å². The second-order valence-electron chi connectivity index (χ2n) is 8.52. The predicted molar refractivity (Wildman–Crippen MR) is 134 cm³/mol. The number of ether oxygens (including phenoxy) is 4. The Morgan fingerprint density at radius 2 is 1.50 bits per heavy atom. The van der Waals surface area contributed by atoms with Gasteiger partial charge in [-0.1, -0.05) is 60.2 Å². The van der Waals surface area contributed by atoms with Crippen LogP contribution in [0.5, 0.6) is 5.75 Å². The maximum absolute atomic E-state index is 11.4. The van der Waals surface area contributed by atoms with E-state index < -0.39 is 18.5 Å². The molecule has 0 radical (unpaired) electrons. The Balaban J connectivity index is 1.47. The topological polar surface area (TPSA) is 57.2 Å². The summed E-state index contributed by atoms with van der Waals surface area (Å²) in [5.74, 6) is 0.797. The molecule has 0 saturated carbocycles. The first kappa shape index (κ1) is 24.8. The molecule has 1 heterocycles. The quantitative estimate of drug-likeness (QED) is 0.444. The molecule has 0 bridgehead atoms. The molecule has 3 aromatic carbocycles. The fraction of sp³-hybridized carbons (Fsp3) is 0.357. The van der Waals surface area contributed by atoms with E-state index in [0.717, 1.165) is 21.8 Å². The van der Waals surface area contributed by atoms with Crippen molar-refractivity contribution in [2.45, 2.75) is 61.8 Å². The smallest absolute Gasteiger partial charge is 0.173 e. The lowest BCUT2D eigenvalue weighted by atomic mass is 10.0. The third-order valence-electron chi connectivity index (χ3n) is 5.90. The normalized spacial score (nSPS) is 24.6. The molecule has 4 rings (SSSR count). The molecule has 180 valence electrons. The molecule has 1 aliphatic rings. The van der Waals surface area contributed by atoms with Gasteiger partial charge in [0, 0.05) is 4.90 Å². The Hall–Kier alpha value is -2.35. The maximum atomic E-state index is 11.4. The van der Waals surface area contributed by atoms with Gasteiger partial charge >= 0.3 is 0 Å². The van der Waals surface area contributed by atoms with E-state index in [-0.39, 0.29) is 11.4 Å². The first-order valence-corrected chi connectivity index (χ1v) is 12.4. The van der Waals surface area contributed by atoms with Crippen molar-refractivity contribution in [1.82, 2.24) is 0 Å². The van der Waals surface area contributed by atoms with Crippen LogP contribution in [-0.2, 0) is 27.4 Å². The lowest BCUT2D eigenvalue weighted by molar-refractivity contribution is -0.255. The van der Waals surface area contributed by atoms with Crippen LogP contribution in [-0.4, -0.2) is 42.1 Å². The van der Waals surface area contributed by atoms with Gasteiger partial charge in [0.2, 0.25) is 0 Å². The van der Waals surface area contributed by atoms with Crippen LogP contribution in [0.15, 0.2) is 83.8 Å². The van der Waals surface area contributed by atoms with Crippen molar-refractivity contribution in [3.63, 3.8) is 0 Å². The van der Waals surface area contributed by atoms with Gasteiger partial charge in [0.05, 0.1) is 37.8 Å². The van der Waals surface area contributed by atoms with Crippen LogP contribution >= 0.6 is 11.8 Å². The summed E-state index contributed by atoms with van der Waals surface area (Å²) in [6.45, 7) is 4.77. The van der Waals surface area contributed by atoms with E-state index >= 15 is 0 Å². The summed E-state index contributed by atoms with van der Waals surface area (Å²) in [5.41, 5.74) is 3.26. The number of aliphatic hydroxyl groups is 1. The Bertz CT molecular complexity index is 1010. The number of aliphatic hydroxyl groups excluding tert-OH is 1. The molecule has 6 heteroatoms. The zero-order chi connectivity index (χ0) is 23.9. The van der Waals surface area contributed by atoms with E-state index in [1.807, 2.05) is 61.5 Å². The zero-order valence-electron chi connectivity index (χ0n) is 19.8. The van der Waals surface area contributed by atoms with Crippen molar-refractivity contribution in [3.8, 4) is 5.75 Å². The van der Waals surface area contributed by atoms with E-state index in [1.165, 1.54) is 5.56 Å². The number of thioether (sulfide) groups is 1. The monoisotopic (exact) mass is 480 g/mol. The Labute approximate surface area is 206 Å². The molecule has 34 heavy (non-hydrogen) atoms. The summed E-state index contributed by atoms with van der Waals surface area (Å²) < 4.78 is 23.9. The largest absolute Gasteiger partial charge is 0.497 e. The summed E-state index contributed by atoms with van der Waals surface area (Å²) in [7, 11) is 1.64. The number of hydrogen-bond acceptors (Lipinski definition) is 6. The third kappa shape index (κ3) is 6.40. The highest BCUT2D eigenvalue weighted by molar-refractivity contribution is 8.00. The first-order valence-electron chi connectivity index (χ1n) is 11.5. The number of aryl methyl sites for hydroxylation is 1. The molecule has 0 aliphatic carbocycles. The van der Waals surface area contributed by atoms with Crippen LogP contribution in [0.1, 0.15) is 23.6 Å². The van der Waals surface area contributed by atoms with E-state index in [9.17, 15) is 5.11 Å². The predicted octanol–water partition coefficient (Wildman–Crippen LogP) is 5.37. The van der Waals surface area contributed by atoms with Crippen LogP contribution in [0.25, 0.3) is 0 Å². The van der Waals surface area contributed by atoms with E-state index in [0.29, 0.717) is 13.2 Å². The minimum Gasteiger partial charge on any atom is -0.497 e. The van der Waals surface area contributed by atoms with Crippen molar-refractivity contribution >= 4 is 11.8 Å². The van der Waals surface area contributed by atoms with Gasteiger partial charge in [-0.05, 0) is 49.2 Å². The van der Waals surface area contributed by atoms with Gasteiger partial charge in [-0.15, -0.1) is 11.8 Å². The Kier molecular flexibility index (Phi) is 8.64. The van der Waals surface area contributed by atoms with Crippen molar-refractivity contribution in [2.24, 2.45) is 0 Å². The van der Waals surface area contributed by atoms with Crippen LogP contribution < -0.4 is 4.74 Å². The molecule has 1 saturated heterocycles. The number of rotatable bonds is 9. The molecule has 1 aliphatic heterocycles. The van der Waals surface area contributed by atoms with Crippen molar-refractivity contribution < 1.29 is 24.1 Å². The van der Waals surface area contributed by atoms with Gasteiger partial charge in [0.15, 0.2) is 6.29 Å². The van der Waals surface area contributed by atoms with E-state index in [1.54, 1.807) is 18.9 Å². The highest BCUT2D eigenvalue weighted by Gasteiger charge is 2.45. The standard InChI is InChI=1S/C28H32O5S/c1-19-9-15-24(16-10-19)34-27-25(29)26(31-17-22-11-13-23(30-3)14-12-22)20(2)33-28(27)32-18-21-7-5-4-6-8-21/h4-16,20,25-29H,17-18H2,1-3H3/t20-,25-,26+,27+,28+/m0/s1. The van der Waals surface area contributed by atoms with Crippen molar-refractivity contribution in [1.29, 1.82) is 0 Å². The summed E-state index contributed by atoms with van der Waals surface area (Å²) >= 11 is 1.56. The summed E-state index contributed by atoms with van der Waals surface area (Å²) in [6, 6.07) is 26.0. The summed E-state index contributed by atoms with van der Waals surface area (Å²) in [6.07, 6.45) is -2.16. The number of hydrogen-bond donors (Lipinski definition) is 1. The Morgan fingerprint density at radius 1 is 0.853 bits per heavy atom. The first-order chi connectivity index (χ1) is 16.5. The molecule has 0 amide bonds. The fourth-order valence-electron chi connectivity index (χ4n) is 3.93. The average Bonchev–Trinajstić information content (AvgIpc) is 2.86. The van der Waals surface area contributed by atoms with Gasteiger partial charge in [0.25, 0.3) is 0 Å².